The second-order valence-electron chi connectivity index (χ2n) is 8.96. The van der Waals surface area contributed by atoms with Gasteiger partial charge in [0.25, 0.3) is 11.5 Å². The molecule has 0 saturated heterocycles. The second kappa shape index (κ2) is 11.0. The molecule has 0 aliphatic heterocycles. The van der Waals surface area contributed by atoms with Crippen LogP contribution in [0.2, 0.25) is 5.02 Å². The molecule has 1 aliphatic carbocycles. The Kier molecular flexibility index (Phi) is 8.25. The summed E-state index contributed by atoms with van der Waals surface area (Å²) in [6.07, 6.45) is 2.25. The Morgan fingerprint density at radius 3 is 2.41 bits per heavy atom. The van der Waals surface area contributed by atoms with E-state index in [-0.39, 0.29) is 30.1 Å². The normalized spacial score (nSPS) is 17.8. The minimum absolute atomic E-state index is 0.0253. The zero-order valence-corrected chi connectivity index (χ0v) is 20.9. The number of pyridine rings is 1. The van der Waals surface area contributed by atoms with Crippen LogP contribution >= 0.6 is 11.6 Å². The van der Waals surface area contributed by atoms with Crippen molar-refractivity contribution in [2.45, 2.75) is 72.0 Å². The standard InChI is InChI=1S/C25H33ClN4O4/c1-5-30(19-8-6-18(7-9-19)29-25(33)34)22-12-17(26)11-20(16(22)4)23(31)27-13-21-14(2)10-15(3)28-24(21)32/h10-12,18-19,29H,5-9,13H2,1-4H3,(H,27,31)(H,28,32)(H,33,34)/t18-,19-. The Balaban J connectivity index is 1.79. The van der Waals surface area contributed by atoms with Crippen molar-refractivity contribution in [1.82, 2.24) is 15.6 Å². The molecule has 0 bridgehead atoms. The number of hydrogen-bond donors (Lipinski definition) is 4. The quantitative estimate of drug-likeness (QED) is 0.464. The highest BCUT2D eigenvalue weighted by molar-refractivity contribution is 6.31. The van der Waals surface area contributed by atoms with E-state index in [2.05, 4.69) is 27.4 Å². The highest BCUT2D eigenvalue weighted by atomic mass is 35.5. The van der Waals surface area contributed by atoms with Gasteiger partial charge in [0.2, 0.25) is 0 Å². The van der Waals surface area contributed by atoms with Gasteiger partial charge in [-0.3, -0.25) is 9.59 Å². The van der Waals surface area contributed by atoms with Crippen molar-refractivity contribution >= 4 is 29.3 Å². The zero-order valence-electron chi connectivity index (χ0n) is 20.1. The number of aromatic nitrogens is 1. The van der Waals surface area contributed by atoms with Gasteiger partial charge in [-0.2, -0.15) is 0 Å². The van der Waals surface area contributed by atoms with E-state index >= 15 is 0 Å². The zero-order chi connectivity index (χ0) is 25.0. The van der Waals surface area contributed by atoms with Gasteiger partial charge in [0.15, 0.2) is 0 Å². The number of carboxylic acid groups (broad SMARTS) is 1. The number of nitrogens with zero attached hydrogens (tertiary/aromatic N) is 1. The van der Waals surface area contributed by atoms with E-state index in [1.807, 2.05) is 32.9 Å². The molecule has 1 aromatic carbocycles. The van der Waals surface area contributed by atoms with E-state index in [4.69, 9.17) is 16.7 Å². The van der Waals surface area contributed by atoms with Crippen LogP contribution in [-0.4, -0.2) is 40.7 Å². The second-order valence-corrected chi connectivity index (χ2v) is 9.40. The molecule has 1 fully saturated rings. The van der Waals surface area contributed by atoms with Crippen molar-refractivity contribution in [2.24, 2.45) is 0 Å². The van der Waals surface area contributed by atoms with Crippen LogP contribution in [0.3, 0.4) is 0 Å². The van der Waals surface area contributed by atoms with E-state index in [9.17, 15) is 14.4 Å². The molecule has 1 saturated carbocycles. The number of hydrogen-bond acceptors (Lipinski definition) is 4. The molecular weight excluding hydrogens is 456 g/mol. The van der Waals surface area contributed by atoms with Gasteiger partial charge >= 0.3 is 6.09 Å². The van der Waals surface area contributed by atoms with Crippen molar-refractivity contribution in [1.29, 1.82) is 0 Å². The van der Waals surface area contributed by atoms with E-state index in [0.29, 0.717) is 16.1 Å². The summed E-state index contributed by atoms with van der Waals surface area (Å²) in [4.78, 5) is 41.4. The van der Waals surface area contributed by atoms with Gasteiger partial charge in [-0.1, -0.05) is 11.6 Å². The van der Waals surface area contributed by atoms with E-state index in [1.54, 1.807) is 6.07 Å². The first-order valence-electron chi connectivity index (χ1n) is 11.6. The third-order valence-corrected chi connectivity index (χ3v) is 6.84. The summed E-state index contributed by atoms with van der Waals surface area (Å²) in [5.74, 6) is -0.286. The average molecular weight is 489 g/mol. The number of amides is 2. The van der Waals surface area contributed by atoms with Gasteiger partial charge in [0.05, 0.1) is 0 Å². The fraction of sp³-hybridized carbons (Fsp3) is 0.480. The maximum absolute atomic E-state index is 13.1. The number of benzene rings is 1. The topological polar surface area (TPSA) is 115 Å². The molecule has 0 atom stereocenters. The molecule has 2 amide bonds. The number of carbonyl (C=O) groups is 2. The minimum atomic E-state index is -0.986. The summed E-state index contributed by atoms with van der Waals surface area (Å²) in [6.45, 7) is 8.51. The molecule has 34 heavy (non-hydrogen) atoms. The van der Waals surface area contributed by atoms with Crippen LogP contribution in [0.5, 0.6) is 0 Å². The average Bonchev–Trinajstić information content (AvgIpc) is 2.76. The molecule has 1 heterocycles. The Hall–Kier alpha value is -3.00. The number of nitrogens with one attached hydrogen (secondary N) is 3. The third kappa shape index (κ3) is 5.91. The Bertz CT molecular complexity index is 1120. The van der Waals surface area contributed by atoms with Crippen LogP contribution < -0.4 is 21.1 Å². The lowest BCUT2D eigenvalue weighted by molar-refractivity contribution is 0.0950. The molecule has 9 heteroatoms. The number of H-pyrrole nitrogens is 1. The molecule has 1 aliphatic rings. The van der Waals surface area contributed by atoms with E-state index in [0.717, 1.165) is 54.7 Å². The van der Waals surface area contributed by atoms with Gasteiger partial charge in [0, 0.05) is 52.7 Å². The minimum Gasteiger partial charge on any atom is -0.465 e. The first-order chi connectivity index (χ1) is 16.1. The molecule has 0 spiro atoms. The Morgan fingerprint density at radius 2 is 1.82 bits per heavy atom. The first-order valence-corrected chi connectivity index (χ1v) is 12.0. The van der Waals surface area contributed by atoms with Gasteiger partial charge < -0.3 is 25.6 Å². The summed E-state index contributed by atoms with van der Waals surface area (Å²) in [7, 11) is 0. The SMILES string of the molecule is CCN(c1cc(Cl)cc(C(=O)NCc2c(C)cc(C)[nH]c2=O)c1C)[C@H]1CC[C@H](NC(=O)O)CC1. The first kappa shape index (κ1) is 25.6. The number of aromatic amines is 1. The van der Waals surface area contributed by atoms with Gasteiger partial charge in [-0.25, -0.2) is 4.79 Å². The van der Waals surface area contributed by atoms with Crippen LogP contribution in [0.15, 0.2) is 23.0 Å². The van der Waals surface area contributed by atoms with Crippen molar-refractivity contribution in [3.63, 3.8) is 0 Å². The van der Waals surface area contributed by atoms with Crippen molar-refractivity contribution in [3.8, 4) is 0 Å². The van der Waals surface area contributed by atoms with Crippen LogP contribution in [0.1, 0.15) is 65.3 Å². The molecule has 0 radical (unpaired) electrons. The summed E-state index contributed by atoms with van der Waals surface area (Å²) < 4.78 is 0. The maximum atomic E-state index is 13.1. The van der Waals surface area contributed by atoms with Gasteiger partial charge in [-0.15, -0.1) is 0 Å². The highest BCUT2D eigenvalue weighted by Gasteiger charge is 2.28. The lowest BCUT2D eigenvalue weighted by Gasteiger charge is -2.39. The Labute approximate surface area is 204 Å². The maximum Gasteiger partial charge on any atom is 0.404 e. The fourth-order valence-electron chi connectivity index (χ4n) is 4.90. The number of aryl methyl sites for hydroxylation is 2. The van der Waals surface area contributed by atoms with Gasteiger partial charge in [-0.05, 0) is 82.7 Å². The largest absolute Gasteiger partial charge is 0.465 e. The Morgan fingerprint density at radius 1 is 1.15 bits per heavy atom. The van der Waals surface area contributed by atoms with Crippen LogP contribution in [-0.2, 0) is 6.54 Å². The van der Waals surface area contributed by atoms with E-state index in [1.165, 1.54) is 0 Å². The monoisotopic (exact) mass is 488 g/mol. The lowest BCUT2D eigenvalue weighted by Crippen LogP contribution is -2.44. The third-order valence-electron chi connectivity index (χ3n) is 6.62. The molecule has 184 valence electrons. The van der Waals surface area contributed by atoms with Crippen molar-refractivity contribution < 1.29 is 14.7 Å². The number of rotatable bonds is 7. The summed E-state index contributed by atoms with van der Waals surface area (Å²) in [5, 5.41) is 14.9. The molecule has 8 nitrogen and oxygen atoms in total. The molecule has 3 rings (SSSR count). The van der Waals surface area contributed by atoms with Crippen LogP contribution in [0.4, 0.5) is 10.5 Å². The fourth-order valence-corrected chi connectivity index (χ4v) is 5.11. The summed E-state index contributed by atoms with van der Waals surface area (Å²) in [6, 6.07) is 5.63. The van der Waals surface area contributed by atoms with Crippen molar-refractivity contribution in [2.75, 3.05) is 11.4 Å². The predicted octanol–water partition coefficient (Wildman–Crippen LogP) is 4.29. The number of halogens is 1. The number of anilines is 1. The van der Waals surface area contributed by atoms with Crippen LogP contribution in [0.25, 0.3) is 0 Å². The molecular formula is C25H33ClN4O4. The highest BCUT2D eigenvalue weighted by Crippen LogP contribution is 2.33. The molecule has 0 unspecified atom stereocenters. The molecule has 4 N–H and O–H groups in total. The van der Waals surface area contributed by atoms with Crippen LogP contribution in [0, 0.1) is 20.8 Å². The molecule has 1 aromatic heterocycles. The lowest BCUT2D eigenvalue weighted by atomic mass is 9.89. The van der Waals surface area contributed by atoms with Gasteiger partial charge in [0.1, 0.15) is 0 Å². The van der Waals surface area contributed by atoms with E-state index < -0.39 is 6.09 Å². The molecule has 2 aromatic rings. The summed E-state index contributed by atoms with van der Waals surface area (Å²) in [5.41, 5.74) is 4.13. The smallest absolute Gasteiger partial charge is 0.404 e. The van der Waals surface area contributed by atoms with Crippen molar-refractivity contribution in [3.05, 3.63) is 61.5 Å². The number of carbonyl (C=O) groups excluding carboxylic acids is 1. The predicted molar refractivity (Wildman–Crippen MR) is 134 cm³/mol. The summed E-state index contributed by atoms with van der Waals surface area (Å²) >= 11 is 6.43.